The van der Waals surface area contributed by atoms with Crippen LogP contribution in [0.25, 0.3) is 0 Å². The van der Waals surface area contributed by atoms with Crippen molar-refractivity contribution >= 4 is 17.3 Å². The van der Waals surface area contributed by atoms with Crippen LogP contribution in [0.15, 0.2) is 18.2 Å². The summed E-state index contributed by atoms with van der Waals surface area (Å²) in [7, 11) is 1.92. The number of rotatable bonds is 4. The summed E-state index contributed by atoms with van der Waals surface area (Å²) in [6.07, 6.45) is 2.37. The second-order valence-electron chi connectivity index (χ2n) is 4.66. The van der Waals surface area contributed by atoms with Crippen LogP contribution in [-0.2, 0) is 4.74 Å². The molecule has 0 aromatic heterocycles. The van der Waals surface area contributed by atoms with Crippen molar-refractivity contribution in [1.29, 1.82) is 0 Å². The van der Waals surface area contributed by atoms with Gasteiger partial charge in [0.2, 0.25) is 0 Å². The molecule has 1 aliphatic rings. The van der Waals surface area contributed by atoms with Gasteiger partial charge >= 0.3 is 0 Å². The fourth-order valence-corrected chi connectivity index (χ4v) is 2.26. The summed E-state index contributed by atoms with van der Waals surface area (Å²) in [6.45, 7) is 1.56. The zero-order chi connectivity index (χ0) is 13.1. The monoisotopic (exact) mass is 249 g/mol. The number of carbonyl (C=O) groups excluding carboxylic acids is 1. The zero-order valence-electron chi connectivity index (χ0n) is 10.6. The summed E-state index contributed by atoms with van der Waals surface area (Å²) in [5.41, 5.74) is 13.0. The Bertz CT molecular complexity index is 442. The van der Waals surface area contributed by atoms with Gasteiger partial charge in [-0.2, -0.15) is 0 Å². The van der Waals surface area contributed by atoms with E-state index in [4.69, 9.17) is 16.2 Å². The third-order valence-corrected chi connectivity index (χ3v) is 3.20. The fraction of sp³-hybridized carbons (Fsp3) is 0.462. The summed E-state index contributed by atoms with van der Waals surface area (Å²) < 4.78 is 5.59. The van der Waals surface area contributed by atoms with Crippen molar-refractivity contribution in [1.82, 2.24) is 0 Å². The predicted molar refractivity (Wildman–Crippen MR) is 71.6 cm³/mol. The van der Waals surface area contributed by atoms with Gasteiger partial charge in [0.1, 0.15) is 0 Å². The second kappa shape index (κ2) is 5.27. The van der Waals surface area contributed by atoms with Crippen LogP contribution in [0.2, 0.25) is 0 Å². The minimum Gasteiger partial charge on any atom is -0.399 e. The highest BCUT2D eigenvalue weighted by Crippen LogP contribution is 2.24. The number of amides is 1. The van der Waals surface area contributed by atoms with Crippen molar-refractivity contribution < 1.29 is 9.53 Å². The van der Waals surface area contributed by atoms with E-state index in [1.54, 1.807) is 18.2 Å². The molecule has 1 unspecified atom stereocenters. The number of nitrogens with zero attached hydrogens (tertiary/aromatic N) is 1. The van der Waals surface area contributed by atoms with Crippen LogP contribution in [0.5, 0.6) is 0 Å². The molecule has 2 rings (SSSR count). The molecular formula is C13H19N3O2. The van der Waals surface area contributed by atoms with Crippen molar-refractivity contribution in [2.45, 2.75) is 18.9 Å². The lowest BCUT2D eigenvalue weighted by atomic mass is 10.1. The minimum atomic E-state index is -0.441. The SMILES string of the molecule is CN(CC1CCCO1)c1cc(N)ccc1C(N)=O. The minimum absolute atomic E-state index is 0.220. The highest BCUT2D eigenvalue weighted by Gasteiger charge is 2.20. The molecule has 0 aliphatic carbocycles. The van der Waals surface area contributed by atoms with Crippen molar-refractivity contribution in [2.75, 3.05) is 30.8 Å². The molecule has 1 aromatic carbocycles. The van der Waals surface area contributed by atoms with E-state index in [2.05, 4.69) is 0 Å². The molecule has 1 heterocycles. The number of likely N-dealkylation sites (N-methyl/N-ethyl adjacent to an activating group) is 1. The van der Waals surface area contributed by atoms with E-state index >= 15 is 0 Å². The van der Waals surface area contributed by atoms with Crippen molar-refractivity contribution in [3.05, 3.63) is 23.8 Å². The molecule has 1 fully saturated rings. The number of nitrogens with two attached hydrogens (primary N) is 2. The van der Waals surface area contributed by atoms with Gasteiger partial charge in [-0.05, 0) is 31.0 Å². The van der Waals surface area contributed by atoms with Crippen LogP contribution in [0.4, 0.5) is 11.4 Å². The van der Waals surface area contributed by atoms with Crippen LogP contribution in [0.1, 0.15) is 23.2 Å². The second-order valence-corrected chi connectivity index (χ2v) is 4.66. The lowest BCUT2D eigenvalue weighted by Gasteiger charge is -2.24. The number of carbonyl (C=O) groups is 1. The summed E-state index contributed by atoms with van der Waals surface area (Å²) >= 11 is 0. The van der Waals surface area contributed by atoms with Crippen molar-refractivity contribution in [2.24, 2.45) is 5.73 Å². The van der Waals surface area contributed by atoms with E-state index in [1.807, 2.05) is 11.9 Å². The number of ether oxygens (including phenoxy) is 1. The number of anilines is 2. The molecule has 1 amide bonds. The van der Waals surface area contributed by atoms with Gasteiger partial charge in [-0.3, -0.25) is 4.79 Å². The van der Waals surface area contributed by atoms with Crippen molar-refractivity contribution in [3.63, 3.8) is 0 Å². The Hall–Kier alpha value is -1.75. The quantitative estimate of drug-likeness (QED) is 0.779. The Morgan fingerprint density at radius 1 is 1.56 bits per heavy atom. The van der Waals surface area contributed by atoms with Gasteiger partial charge in [-0.1, -0.05) is 0 Å². The largest absolute Gasteiger partial charge is 0.399 e. The third-order valence-electron chi connectivity index (χ3n) is 3.20. The van der Waals surface area contributed by atoms with Gasteiger partial charge in [0.25, 0.3) is 5.91 Å². The molecule has 1 aliphatic heterocycles. The van der Waals surface area contributed by atoms with Gasteiger partial charge in [-0.25, -0.2) is 0 Å². The first-order valence-electron chi connectivity index (χ1n) is 6.10. The van der Waals surface area contributed by atoms with Gasteiger partial charge in [-0.15, -0.1) is 0 Å². The van der Waals surface area contributed by atoms with E-state index in [9.17, 15) is 4.79 Å². The third kappa shape index (κ3) is 2.73. The lowest BCUT2D eigenvalue weighted by Crippen LogP contribution is -2.30. The molecule has 0 spiro atoms. The van der Waals surface area contributed by atoms with E-state index in [0.717, 1.165) is 31.7 Å². The number of hydrogen-bond donors (Lipinski definition) is 2. The summed E-state index contributed by atoms with van der Waals surface area (Å²) in [5, 5.41) is 0. The summed E-state index contributed by atoms with van der Waals surface area (Å²) in [4.78, 5) is 13.4. The fourth-order valence-electron chi connectivity index (χ4n) is 2.26. The first kappa shape index (κ1) is 12.7. The zero-order valence-corrected chi connectivity index (χ0v) is 10.6. The maximum absolute atomic E-state index is 11.4. The molecule has 5 nitrogen and oxygen atoms in total. The normalized spacial score (nSPS) is 18.8. The Labute approximate surface area is 107 Å². The number of benzene rings is 1. The molecule has 5 heteroatoms. The number of nitrogen functional groups attached to an aromatic ring is 1. The average molecular weight is 249 g/mol. The highest BCUT2D eigenvalue weighted by molar-refractivity contribution is 5.99. The lowest BCUT2D eigenvalue weighted by molar-refractivity contribution is 0.0999. The van der Waals surface area contributed by atoms with Gasteiger partial charge in [0, 0.05) is 25.9 Å². The van der Waals surface area contributed by atoms with Crippen LogP contribution >= 0.6 is 0 Å². The summed E-state index contributed by atoms with van der Waals surface area (Å²) in [6, 6.07) is 5.12. The smallest absolute Gasteiger partial charge is 0.250 e. The maximum Gasteiger partial charge on any atom is 0.250 e. The van der Waals surface area contributed by atoms with Crippen molar-refractivity contribution in [3.8, 4) is 0 Å². The number of primary amides is 1. The number of hydrogen-bond acceptors (Lipinski definition) is 4. The first-order chi connectivity index (χ1) is 8.58. The molecule has 98 valence electrons. The standard InChI is InChI=1S/C13H19N3O2/c1-16(8-10-3-2-6-18-10)12-7-9(14)4-5-11(12)13(15)17/h4-5,7,10H,2-3,6,8,14H2,1H3,(H2,15,17). The van der Waals surface area contributed by atoms with E-state index in [0.29, 0.717) is 11.3 Å². The van der Waals surface area contributed by atoms with Gasteiger partial charge in [0.05, 0.1) is 17.4 Å². The Morgan fingerprint density at radius 2 is 2.33 bits per heavy atom. The Balaban J connectivity index is 2.19. The Morgan fingerprint density at radius 3 is 2.94 bits per heavy atom. The molecule has 4 N–H and O–H groups in total. The maximum atomic E-state index is 11.4. The van der Waals surface area contributed by atoms with E-state index in [-0.39, 0.29) is 6.10 Å². The molecule has 0 saturated carbocycles. The van der Waals surface area contributed by atoms with Gasteiger partial charge in [0.15, 0.2) is 0 Å². The van der Waals surface area contributed by atoms with Crippen LogP contribution in [0.3, 0.4) is 0 Å². The molecule has 0 bridgehead atoms. The van der Waals surface area contributed by atoms with E-state index < -0.39 is 5.91 Å². The molecule has 1 atom stereocenters. The first-order valence-corrected chi connectivity index (χ1v) is 6.10. The Kier molecular flexibility index (Phi) is 3.72. The predicted octanol–water partition coefficient (Wildman–Crippen LogP) is 0.983. The molecular weight excluding hydrogens is 230 g/mol. The molecule has 18 heavy (non-hydrogen) atoms. The van der Waals surface area contributed by atoms with Crippen LogP contribution < -0.4 is 16.4 Å². The molecule has 0 radical (unpaired) electrons. The molecule has 1 saturated heterocycles. The van der Waals surface area contributed by atoms with Crippen LogP contribution in [-0.4, -0.2) is 32.2 Å². The summed E-state index contributed by atoms with van der Waals surface area (Å²) in [5.74, 6) is -0.441. The topological polar surface area (TPSA) is 81.6 Å². The highest BCUT2D eigenvalue weighted by atomic mass is 16.5. The van der Waals surface area contributed by atoms with Gasteiger partial charge < -0.3 is 21.1 Å². The molecule has 1 aromatic rings. The average Bonchev–Trinajstić information content (AvgIpc) is 2.81. The van der Waals surface area contributed by atoms with E-state index in [1.165, 1.54) is 0 Å². The van der Waals surface area contributed by atoms with Crippen LogP contribution in [0, 0.1) is 0 Å².